The molecule has 2 heterocycles. The van der Waals surface area contributed by atoms with Crippen molar-refractivity contribution in [2.45, 2.75) is 0 Å². The van der Waals surface area contributed by atoms with Gasteiger partial charge < -0.3 is 15.1 Å². The molecule has 1 aromatic heterocycles. The fourth-order valence-electron chi connectivity index (χ4n) is 2.66. The summed E-state index contributed by atoms with van der Waals surface area (Å²) in [5.41, 5.74) is 0.339. The molecule has 3 rings (SSSR count). The van der Waals surface area contributed by atoms with Crippen molar-refractivity contribution < 1.29 is 23.2 Å². The van der Waals surface area contributed by atoms with E-state index in [1.807, 2.05) is 0 Å². The number of benzene rings is 1. The Hall–Kier alpha value is -3.36. The number of hydrogen-bond acceptors (Lipinski definition) is 4. The van der Waals surface area contributed by atoms with Crippen LogP contribution in [0.1, 0.15) is 20.8 Å². The zero-order chi connectivity index (χ0) is 19.4. The van der Waals surface area contributed by atoms with Crippen LogP contribution in [-0.4, -0.2) is 59.2 Å². The van der Waals surface area contributed by atoms with Crippen LogP contribution in [0.15, 0.2) is 36.5 Å². The summed E-state index contributed by atoms with van der Waals surface area (Å²) >= 11 is 0. The first-order chi connectivity index (χ1) is 13.0. The third kappa shape index (κ3) is 4.25. The molecule has 3 amide bonds. The minimum absolute atomic E-state index is 0.0903. The van der Waals surface area contributed by atoms with Crippen LogP contribution in [0.25, 0.3) is 0 Å². The Morgan fingerprint density at radius 2 is 1.78 bits per heavy atom. The molecule has 9 heteroatoms. The molecule has 1 aliphatic rings. The molecule has 1 N–H and O–H groups in total. The van der Waals surface area contributed by atoms with E-state index in [-0.39, 0.29) is 22.9 Å². The third-order valence-electron chi connectivity index (χ3n) is 4.17. The van der Waals surface area contributed by atoms with Crippen molar-refractivity contribution in [3.63, 3.8) is 0 Å². The number of anilines is 1. The zero-order valence-corrected chi connectivity index (χ0v) is 14.2. The highest BCUT2D eigenvalue weighted by Gasteiger charge is 2.23. The molecular formula is C18H16F2N4O3. The number of nitrogens with one attached hydrogen (secondary N) is 1. The normalized spacial score (nSPS) is 14.0. The van der Waals surface area contributed by atoms with Crippen molar-refractivity contribution in [1.29, 1.82) is 0 Å². The van der Waals surface area contributed by atoms with E-state index >= 15 is 0 Å². The van der Waals surface area contributed by atoms with Crippen LogP contribution in [0.3, 0.4) is 0 Å². The molecule has 0 spiro atoms. The number of pyridine rings is 1. The predicted molar refractivity (Wildman–Crippen MR) is 92.1 cm³/mol. The van der Waals surface area contributed by atoms with E-state index in [0.29, 0.717) is 26.2 Å². The highest BCUT2D eigenvalue weighted by atomic mass is 19.2. The average Bonchev–Trinajstić information content (AvgIpc) is 2.70. The Balaban J connectivity index is 1.71. The van der Waals surface area contributed by atoms with E-state index in [1.54, 1.807) is 9.80 Å². The first-order valence-corrected chi connectivity index (χ1v) is 8.19. The Labute approximate surface area is 153 Å². The van der Waals surface area contributed by atoms with Crippen LogP contribution in [-0.2, 0) is 4.79 Å². The van der Waals surface area contributed by atoms with E-state index in [0.717, 1.165) is 18.5 Å². The van der Waals surface area contributed by atoms with Gasteiger partial charge in [0.25, 0.3) is 11.8 Å². The molecule has 1 saturated heterocycles. The Bertz CT molecular complexity index is 883. The van der Waals surface area contributed by atoms with Gasteiger partial charge in [0, 0.05) is 49.7 Å². The molecule has 1 aromatic carbocycles. The summed E-state index contributed by atoms with van der Waals surface area (Å²) in [6, 6.07) is 5.76. The predicted octanol–water partition coefficient (Wildman–Crippen LogP) is 1.53. The molecule has 0 bridgehead atoms. The summed E-state index contributed by atoms with van der Waals surface area (Å²) < 4.78 is 26.2. The number of carbonyl (C=O) groups excluding carboxylic acids is 3. The molecule has 2 aromatic rings. The number of hydrogen-bond donors (Lipinski definition) is 1. The Morgan fingerprint density at radius 1 is 1.04 bits per heavy atom. The summed E-state index contributed by atoms with van der Waals surface area (Å²) in [6.45, 7) is 1.63. The van der Waals surface area contributed by atoms with Crippen molar-refractivity contribution in [2.24, 2.45) is 0 Å². The van der Waals surface area contributed by atoms with E-state index in [1.165, 1.54) is 24.4 Å². The molecule has 0 saturated carbocycles. The van der Waals surface area contributed by atoms with E-state index in [9.17, 15) is 23.2 Å². The van der Waals surface area contributed by atoms with Gasteiger partial charge in [0.05, 0.1) is 0 Å². The lowest BCUT2D eigenvalue weighted by molar-refractivity contribution is -0.119. The highest BCUT2D eigenvalue weighted by molar-refractivity contribution is 6.05. The van der Waals surface area contributed by atoms with Crippen LogP contribution in [0, 0.1) is 11.6 Å². The molecule has 1 aliphatic heterocycles. The first kappa shape index (κ1) is 18.4. The maximum atomic E-state index is 13.2. The lowest BCUT2D eigenvalue weighted by Gasteiger charge is -2.32. The van der Waals surface area contributed by atoms with E-state index in [4.69, 9.17) is 0 Å². The second-order valence-electron chi connectivity index (χ2n) is 5.95. The van der Waals surface area contributed by atoms with Gasteiger partial charge in [-0.3, -0.25) is 19.4 Å². The highest BCUT2D eigenvalue weighted by Crippen LogP contribution is 2.15. The maximum absolute atomic E-state index is 13.2. The average molecular weight is 374 g/mol. The number of piperazine rings is 1. The molecule has 27 heavy (non-hydrogen) atoms. The molecule has 0 aliphatic carbocycles. The minimum atomic E-state index is -1.08. The molecule has 0 radical (unpaired) electrons. The van der Waals surface area contributed by atoms with Gasteiger partial charge in [-0.25, -0.2) is 8.78 Å². The van der Waals surface area contributed by atoms with Crippen molar-refractivity contribution in [1.82, 2.24) is 14.8 Å². The van der Waals surface area contributed by atoms with Gasteiger partial charge in [0.2, 0.25) is 6.41 Å². The summed E-state index contributed by atoms with van der Waals surface area (Å²) in [5, 5.41) is 2.44. The van der Waals surface area contributed by atoms with Crippen molar-refractivity contribution >= 4 is 23.9 Å². The van der Waals surface area contributed by atoms with Crippen LogP contribution in [0.2, 0.25) is 0 Å². The van der Waals surface area contributed by atoms with Crippen LogP contribution < -0.4 is 5.32 Å². The summed E-state index contributed by atoms with van der Waals surface area (Å²) in [6.07, 6.45) is 2.07. The van der Waals surface area contributed by atoms with E-state index < -0.39 is 17.5 Å². The van der Waals surface area contributed by atoms with Crippen LogP contribution >= 0.6 is 0 Å². The number of nitrogens with zero attached hydrogens (tertiary/aromatic N) is 3. The third-order valence-corrected chi connectivity index (χ3v) is 4.17. The van der Waals surface area contributed by atoms with Crippen molar-refractivity contribution in [2.75, 3.05) is 31.5 Å². The fraction of sp³-hybridized carbons (Fsp3) is 0.222. The Kier molecular flexibility index (Phi) is 5.39. The first-order valence-electron chi connectivity index (χ1n) is 8.19. The van der Waals surface area contributed by atoms with Crippen LogP contribution in [0.5, 0.6) is 0 Å². The molecule has 0 unspecified atom stereocenters. The molecule has 140 valence electrons. The van der Waals surface area contributed by atoms with Gasteiger partial charge in [0.15, 0.2) is 11.6 Å². The molecule has 1 fully saturated rings. The quantitative estimate of drug-likeness (QED) is 0.823. The number of aromatic nitrogens is 1. The Morgan fingerprint density at radius 3 is 2.44 bits per heavy atom. The monoisotopic (exact) mass is 374 g/mol. The maximum Gasteiger partial charge on any atom is 0.272 e. The minimum Gasteiger partial charge on any atom is -0.342 e. The zero-order valence-electron chi connectivity index (χ0n) is 14.2. The van der Waals surface area contributed by atoms with E-state index in [2.05, 4.69) is 10.3 Å². The van der Waals surface area contributed by atoms with Gasteiger partial charge in [-0.15, -0.1) is 0 Å². The SMILES string of the molecule is O=CN1CCN(C(=O)c2cc(C(=O)Nc3ccc(F)c(F)c3)ccn2)CC1. The number of amides is 3. The van der Waals surface area contributed by atoms with Gasteiger partial charge in [-0.05, 0) is 24.3 Å². The number of carbonyl (C=O) groups is 3. The molecular weight excluding hydrogens is 358 g/mol. The standard InChI is InChI=1S/C18H16F2N4O3/c19-14-2-1-13(10-15(14)20)22-17(26)12-3-4-21-16(9-12)18(27)24-7-5-23(11-25)6-8-24/h1-4,9-11H,5-8H2,(H,22,26). The fourth-order valence-corrected chi connectivity index (χ4v) is 2.66. The lowest BCUT2D eigenvalue weighted by atomic mass is 10.2. The smallest absolute Gasteiger partial charge is 0.272 e. The van der Waals surface area contributed by atoms with Gasteiger partial charge in [-0.2, -0.15) is 0 Å². The van der Waals surface area contributed by atoms with Gasteiger partial charge in [-0.1, -0.05) is 0 Å². The second kappa shape index (κ2) is 7.90. The number of rotatable bonds is 4. The summed E-state index contributed by atoms with van der Waals surface area (Å²) in [7, 11) is 0. The van der Waals surface area contributed by atoms with Crippen molar-refractivity contribution in [3.8, 4) is 0 Å². The summed E-state index contributed by atoms with van der Waals surface area (Å²) in [5.74, 6) is -3.02. The van der Waals surface area contributed by atoms with Gasteiger partial charge >= 0.3 is 0 Å². The topological polar surface area (TPSA) is 82.6 Å². The lowest BCUT2D eigenvalue weighted by Crippen LogP contribution is -2.48. The molecule has 7 nitrogen and oxygen atoms in total. The van der Waals surface area contributed by atoms with Gasteiger partial charge in [0.1, 0.15) is 5.69 Å². The largest absolute Gasteiger partial charge is 0.342 e. The molecule has 0 atom stereocenters. The second-order valence-corrected chi connectivity index (χ2v) is 5.95. The van der Waals surface area contributed by atoms with Crippen LogP contribution in [0.4, 0.5) is 14.5 Å². The van der Waals surface area contributed by atoms with Crippen molar-refractivity contribution in [3.05, 3.63) is 59.4 Å². The number of halogens is 2. The summed E-state index contributed by atoms with van der Waals surface area (Å²) in [4.78, 5) is 42.7.